The van der Waals surface area contributed by atoms with Crippen molar-refractivity contribution in [3.05, 3.63) is 59.7 Å². The highest BCUT2D eigenvalue weighted by Crippen LogP contribution is 2.16. The highest BCUT2D eigenvalue weighted by atomic mass is 32.2. The van der Waals surface area contributed by atoms with Crippen molar-refractivity contribution < 1.29 is 12.8 Å². The summed E-state index contributed by atoms with van der Waals surface area (Å²) in [6.07, 6.45) is 1.69. The van der Waals surface area contributed by atoms with Crippen LogP contribution in [0.2, 0.25) is 0 Å². The molecule has 0 saturated heterocycles. The van der Waals surface area contributed by atoms with Crippen molar-refractivity contribution in [2.75, 3.05) is 0 Å². The van der Waals surface area contributed by atoms with E-state index in [1.165, 1.54) is 30.5 Å². The van der Waals surface area contributed by atoms with E-state index in [1.807, 2.05) is 0 Å². The topological polar surface area (TPSA) is 73.1 Å². The number of aromatic nitrogens is 1. The predicted molar refractivity (Wildman–Crippen MR) is 64.8 cm³/mol. The molecule has 0 amide bonds. The molecule has 2 N–H and O–H groups in total. The third-order valence-electron chi connectivity index (χ3n) is 2.42. The normalized spacial score (nSPS) is 11.4. The summed E-state index contributed by atoms with van der Waals surface area (Å²) in [5.74, 6) is -0.374. The molecule has 6 heteroatoms. The zero-order valence-electron chi connectivity index (χ0n) is 9.38. The predicted octanol–water partition coefficient (Wildman–Crippen LogP) is 1.46. The number of pyridine rings is 1. The molecule has 1 aromatic carbocycles. The molecule has 94 valence electrons. The lowest BCUT2D eigenvalue weighted by molar-refractivity contribution is 0.596. The van der Waals surface area contributed by atoms with Crippen LogP contribution in [-0.2, 0) is 16.4 Å². The first-order valence-corrected chi connectivity index (χ1v) is 6.72. The van der Waals surface area contributed by atoms with Crippen molar-refractivity contribution in [2.24, 2.45) is 5.14 Å². The third kappa shape index (κ3) is 2.91. The molecule has 0 aliphatic rings. The number of nitrogens with two attached hydrogens (primary N) is 1. The lowest BCUT2D eigenvalue weighted by atomic mass is 10.1. The van der Waals surface area contributed by atoms with Crippen LogP contribution in [-0.4, -0.2) is 13.4 Å². The van der Waals surface area contributed by atoms with E-state index >= 15 is 0 Å². The van der Waals surface area contributed by atoms with E-state index in [9.17, 15) is 12.8 Å². The van der Waals surface area contributed by atoms with Gasteiger partial charge >= 0.3 is 0 Å². The first-order valence-electron chi connectivity index (χ1n) is 5.18. The number of sulfonamides is 1. The molecule has 4 nitrogen and oxygen atoms in total. The van der Waals surface area contributed by atoms with Gasteiger partial charge < -0.3 is 0 Å². The molecule has 0 atom stereocenters. The minimum Gasteiger partial charge on any atom is -0.260 e. The van der Waals surface area contributed by atoms with E-state index < -0.39 is 10.0 Å². The fourth-order valence-corrected chi connectivity index (χ4v) is 2.38. The highest BCUT2D eigenvalue weighted by Gasteiger charge is 2.14. The Labute approximate surface area is 104 Å². The van der Waals surface area contributed by atoms with Gasteiger partial charge in [-0.05, 0) is 29.8 Å². The Morgan fingerprint density at radius 2 is 2.00 bits per heavy atom. The second kappa shape index (κ2) is 4.83. The average Bonchev–Trinajstić information content (AvgIpc) is 2.28. The van der Waals surface area contributed by atoms with Crippen LogP contribution in [0.4, 0.5) is 4.39 Å². The number of nitrogens with zero attached hydrogens (tertiary/aromatic N) is 1. The van der Waals surface area contributed by atoms with Crippen LogP contribution < -0.4 is 5.14 Å². The Kier molecular flexibility index (Phi) is 3.40. The largest absolute Gasteiger partial charge is 0.260 e. The molecule has 18 heavy (non-hydrogen) atoms. The number of rotatable bonds is 3. The van der Waals surface area contributed by atoms with Crippen LogP contribution in [0.25, 0.3) is 0 Å². The summed E-state index contributed by atoms with van der Waals surface area (Å²) < 4.78 is 35.8. The SMILES string of the molecule is NS(=O)(=O)c1cccnc1Cc1cccc(F)c1. The van der Waals surface area contributed by atoms with Gasteiger partial charge in [0.25, 0.3) is 0 Å². The van der Waals surface area contributed by atoms with Crippen molar-refractivity contribution in [3.8, 4) is 0 Å². The molecule has 0 spiro atoms. The summed E-state index contributed by atoms with van der Waals surface area (Å²) >= 11 is 0. The molecule has 0 aliphatic carbocycles. The van der Waals surface area contributed by atoms with E-state index in [-0.39, 0.29) is 17.1 Å². The molecular formula is C12H11FN2O2S. The van der Waals surface area contributed by atoms with Crippen molar-refractivity contribution in [2.45, 2.75) is 11.3 Å². The van der Waals surface area contributed by atoms with E-state index in [0.717, 1.165) is 0 Å². The Morgan fingerprint density at radius 1 is 1.22 bits per heavy atom. The lowest BCUT2D eigenvalue weighted by Gasteiger charge is -2.06. The van der Waals surface area contributed by atoms with Crippen LogP contribution in [0.1, 0.15) is 11.3 Å². The summed E-state index contributed by atoms with van der Waals surface area (Å²) in [4.78, 5) is 3.96. The summed E-state index contributed by atoms with van der Waals surface area (Å²) in [6.45, 7) is 0. The number of hydrogen-bond donors (Lipinski definition) is 1. The van der Waals surface area contributed by atoms with Crippen LogP contribution in [0.15, 0.2) is 47.5 Å². The molecule has 0 bridgehead atoms. The first kappa shape index (κ1) is 12.7. The molecule has 0 unspecified atom stereocenters. The first-order chi connectivity index (χ1) is 8.47. The van der Waals surface area contributed by atoms with Gasteiger partial charge in [0, 0.05) is 12.6 Å². The number of hydrogen-bond acceptors (Lipinski definition) is 3. The molecule has 0 radical (unpaired) electrons. The summed E-state index contributed by atoms with van der Waals surface area (Å²) in [5.41, 5.74) is 0.948. The standard InChI is InChI=1S/C12H11FN2O2S/c13-10-4-1-3-9(7-10)8-11-12(18(14,16)17)5-2-6-15-11/h1-7H,8H2,(H2,14,16,17). The third-order valence-corrected chi connectivity index (χ3v) is 3.40. The van der Waals surface area contributed by atoms with Crippen LogP contribution >= 0.6 is 0 Å². The number of benzene rings is 1. The minimum absolute atomic E-state index is 0.0331. The summed E-state index contributed by atoms with van der Waals surface area (Å²) in [5, 5.41) is 5.10. The lowest BCUT2D eigenvalue weighted by Crippen LogP contribution is -2.15. The Balaban J connectivity index is 2.41. The highest BCUT2D eigenvalue weighted by molar-refractivity contribution is 7.89. The molecule has 2 rings (SSSR count). The zero-order valence-corrected chi connectivity index (χ0v) is 10.2. The quantitative estimate of drug-likeness (QED) is 0.914. The molecule has 0 saturated carbocycles. The fourth-order valence-electron chi connectivity index (χ4n) is 1.66. The smallest absolute Gasteiger partial charge is 0.239 e. The van der Waals surface area contributed by atoms with Crippen molar-refractivity contribution in [1.29, 1.82) is 0 Å². The van der Waals surface area contributed by atoms with Gasteiger partial charge in [-0.3, -0.25) is 4.98 Å². The van der Waals surface area contributed by atoms with Crippen LogP contribution in [0.5, 0.6) is 0 Å². The van der Waals surface area contributed by atoms with Gasteiger partial charge in [0.1, 0.15) is 10.7 Å². The Bertz CT molecular complexity index is 671. The molecule has 2 aromatic rings. The molecule has 1 heterocycles. The molecule has 1 aromatic heterocycles. The second-order valence-electron chi connectivity index (χ2n) is 3.80. The van der Waals surface area contributed by atoms with E-state index in [4.69, 9.17) is 5.14 Å². The van der Waals surface area contributed by atoms with Gasteiger partial charge in [-0.15, -0.1) is 0 Å². The van der Waals surface area contributed by atoms with Gasteiger partial charge in [-0.25, -0.2) is 17.9 Å². The number of halogens is 1. The van der Waals surface area contributed by atoms with Gasteiger partial charge in [0.15, 0.2) is 0 Å². The maximum absolute atomic E-state index is 13.0. The zero-order chi connectivity index (χ0) is 13.2. The van der Waals surface area contributed by atoms with Gasteiger partial charge in [-0.2, -0.15) is 0 Å². The minimum atomic E-state index is -3.82. The summed E-state index contributed by atoms with van der Waals surface area (Å²) in [6, 6.07) is 8.80. The van der Waals surface area contributed by atoms with Crippen LogP contribution in [0.3, 0.4) is 0 Å². The molecule has 0 aliphatic heterocycles. The summed E-state index contributed by atoms with van der Waals surface area (Å²) in [7, 11) is -3.82. The number of primary sulfonamides is 1. The maximum Gasteiger partial charge on any atom is 0.239 e. The van der Waals surface area contributed by atoms with Crippen LogP contribution in [0, 0.1) is 5.82 Å². The van der Waals surface area contributed by atoms with Crippen molar-refractivity contribution >= 4 is 10.0 Å². The maximum atomic E-state index is 13.0. The molecular weight excluding hydrogens is 255 g/mol. The Hall–Kier alpha value is -1.79. The fraction of sp³-hybridized carbons (Fsp3) is 0.0833. The van der Waals surface area contributed by atoms with Gasteiger partial charge in [0.05, 0.1) is 5.69 Å². The van der Waals surface area contributed by atoms with Crippen molar-refractivity contribution in [3.63, 3.8) is 0 Å². The van der Waals surface area contributed by atoms with Gasteiger partial charge in [-0.1, -0.05) is 12.1 Å². The average molecular weight is 266 g/mol. The Morgan fingerprint density at radius 3 is 2.67 bits per heavy atom. The van der Waals surface area contributed by atoms with Gasteiger partial charge in [0.2, 0.25) is 10.0 Å². The van der Waals surface area contributed by atoms with Crippen molar-refractivity contribution in [1.82, 2.24) is 4.98 Å². The van der Waals surface area contributed by atoms with E-state index in [1.54, 1.807) is 12.1 Å². The van der Waals surface area contributed by atoms with E-state index in [2.05, 4.69) is 4.98 Å². The monoisotopic (exact) mass is 266 g/mol. The van der Waals surface area contributed by atoms with E-state index in [0.29, 0.717) is 11.3 Å². The second-order valence-corrected chi connectivity index (χ2v) is 5.33. The molecule has 0 fully saturated rings.